The largest absolute Gasteiger partial charge is 0.487 e. The standard InChI is InChI=1S/C18H17N3O/c19-10-13-6-7-18-15(8-13)11-21-16(12-22-18)9-17(20-21)14-4-2-1-3-5-14/h4,6-9H,1-3,5,11-12H2. The van der Waals surface area contributed by atoms with Crippen LogP contribution in [0.25, 0.3) is 5.57 Å². The molecule has 0 saturated heterocycles. The maximum absolute atomic E-state index is 9.06. The lowest BCUT2D eigenvalue weighted by atomic mass is 9.97. The molecule has 0 N–H and O–H groups in total. The van der Waals surface area contributed by atoms with Gasteiger partial charge in [0, 0.05) is 5.56 Å². The van der Waals surface area contributed by atoms with Crippen molar-refractivity contribution in [3.63, 3.8) is 0 Å². The topological polar surface area (TPSA) is 50.8 Å². The van der Waals surface area contributed by atoms with Crippen LogP contribution in [0.1, 0.15) is 48.2 Å². The highest BCUT2D eigenvalue weighted by atomic mass is 16.5. The summed E-state index contributed by atoms with van der Waals surface area (Å²) in [6, 6.07) is 9.90. The van der Waals surface area contributed by atoms with Gasteiger partial charge < -0.3 is 4.74 Å². The Morgan fingerprint density at radius 1 is 1.23 bits per heavy atom. The zero-order chi connectivity index (χ0) is 14.9. The van der Waals surface area contributed by atoms with Gasteiger partial charge in [0.05, 0.1) is 29.6 Å². The first-order valence-electron chi connectivity index (χ1n) is 7.75. The summed E-state index contributed by atoms with van der Waals surface area (Å²) in [4.78, 5) is 0. The highest BCUT2D eigenvalue weighted by Gasteiger charge is 2.18. The van der Waals surface area contributed by atoms with Gasteiger partial charge in [-0.3, -0.25) is 4.68 Å². The van der Waals surface area contributed by atoms with Gasteiger partial charge >= 0.3 is 0 Å². The molecule has 2 aliphatic rings. The molecule has 0 atom stereocenters. The molecule has 0 unspecified atom stereocenters. The normalized spacial score (nSPS) is 16.6. The average Bonchev–Trinajstić information content (AvgIpc) is 2.89. The van der Waals surface area contributed by atoms with Gasteiger partial charge in [0.1, 0.15) is 12.4 Å². The number of nitrogens with zero attached hydrogens (tertiary/aromatic N) is 3. The number of hydrogen-bond donors (Lipinski definition) is 0. The second-order valence-electron chi connectivity index (χ2n) is 5.88. The minimum Gasteiger partial charge on any atom is -0.487 e. The summed E-state index contributed by atoms with van der Waals surface area (Å²) < 4.78 is 7.90. The second kappa shape index (κ2) is 5.34. The van der Waals surface area contributed by atoms with Gasteiger partial charge in [0.25, 0.3) is 0 Å². The van der Waals surface area contributed by atoms with E-state index in [0.29, 0.717) is 18.7 Å². The first-order valence-corrected chi connectivity index (χ1v) is 7.75. The van der Waals surface area contributed by atoms with Gasteiger partial charge in [-0.05, 0) is 55.5 Å². The number of rotatable bonds is 1. The molecule has 1 aliphatic heterocycles. The van der Waals surface area contributed by atoms with E-state index < -0.39 is 0 Å². The summed E-state index contributed by atoms with van der Waals surface area (Å²) in [7, 11) is 0. The number of benzene rings is 1. The molecule has 0 saturated carbocycles. The van der Waals surface area contributed by atoms with Gasteiger partial charge in [-0.1, -0.05) is 6.08 Å². The number of allylic oxidation sites excluding steroid dienone is 2. The molecule has 4 heteroatoms. The predicted octanol–water partition coefficient (Wildman–Crippen LogP) is 3.65. The molecule has 0 fully saturated rings. The van der Waals surface area contributed by atoms with E-state index in [4.69, 9.17) is 15.1 Å². The molecule has 4 nitrogen and oxygen atoms in total. The lowest BCUT2D eigenvalue weighted by Gasteiger charge is -2.10. The van der Waals surface area contributed by atoms with Crippen molar-refractivity contribution >= 4 is 5.57 Å². The minimum absolute atomic E-state index is 0.527. The summed E-state index contributed by atoms with van der Waals surface area (Å²) in [5, 5.41) is 13.8. The average molecular weight is 291 g/mol. The molecule has 0 bridgehead atoms. The van der Waals surface area contributed by atoms with E-state index in [2.05, 4.69) is 18.2 Å². The minimum atomic E-state index is 0.527. The molecule has 22 heavy (non-hydrogen) atoms. The van der Waals surface area contributed by atoms with Gasteiger partial charge in [0.2, 0.25) is 0 Å². The van der Waals surface area contributed by atoms with Crippen molar-refractivity contribution in [2.45, 2.75) is 38.8 Å². The van der Waals surface area contributed by atoms with E-state index in [1.54, 1.807) is 6.07 Å². The molecule has 1 aromatic carbocycles. The highest BCUT2D eigenvalue weighted by molar-refractivity contribution is 5.63. The predicted molar refractivity (Wildman–Crippen MR) is 83.3 cm³/mol. The van der Waals surface area contributed by atoms with Crippen molar-refractivity contribution in [3.05, 3.63) is 52.9 Å². The van der Waals surface area contributed by atoms with Crippen LogP contribution in [0.3, 0.4) is 0 Å². The number of ether oxygens (including phenoxy) is 1. The van der Waals surface area contributed by atoms with Gasteiger partial charge in [0.15, 0.2) is 0 Å². The zero-order valence-corrected chi connectivity index (χ0v) is 12.4. The Balaban J connectivity index is 1.70. The van der Waals surface area contributed by atoms with Crippen LogP contribution < -0.4 is 4.74 Å². The zero-order valence-electron chi connectivity index (χ0n) is 12.4. The maximum atomic E-state index is 9.06. The van der Waals surface area contributed by atoms with Gasteiger partial charge in [-0.25, -0.2) is 0 Å². The Kier molecular flexibility index (Phi) is 3.19. The molecule has 110 valence electrons. The molecule has 2 aromatic rings. The van der Waals surface area contributed by atoms with Crippen LogP contribution in [-0.4, -0.2) is 9.78 Å². The third-order valence-corrected chi connectivity index (χ3v) is 4.37. The monoisotopic (exact) mass is 291 g/mol. The fourth-order valence-corrected chi connectivity index (χ4v) is 3.16. The lowest BCUT2D eigenvalue weighted by molar-refractivity contribution is 0.301. The van der Waals surface area contributed by atoms with Crippen LogP contribution in [0.2, 0.25) is 0 Å². The van der Waals surface area contributed by atoms with Crippen LogP contribution in [0, 0.1) is 11.3 Å². The molecule has 1 aliphatic carbocycles. The van der Waals surface area contributed by atoms with Crippen LogP contribution in [0.4, 0.5) is 0 Å². The van der Waals surface area contributed by atoms with Crippen LogP contribution in [0.15, 0.2) is 30.3 Å². The Hall–Kier alpha value is -2.54. The molecule has 1 aromatic heterocycles. The Labute approximate surface area is 129 Å². The summed E-state index contributed by atoms with van der Waals surface area (Å²) in [6.07, 6.45) is 7.12. The van der Waals surface area contributed by atoms with Gasteiger partial charge in [-0.2, -0.15) is 10.4 Å². The number of fused-ring (bicyclic) bond motifs is 2. The molecular formula is C18H17N3O. The Morgan fingerprint density at radius 3 is 3.00 bits per heavy atom. The van der Waals surface area contributed by atoms with E-state index in [1.807, 2.05) is 16.8 Å². The van der Waals surface area contributed by atoms with Crippen LogP contribution >= 0.6 is 0 Å². The van der Waals surface area contributed by atoms with E-state index in [9.17, 15) is 0 Å². The molecule has 0 spiro atoms. The highest BCUT2D eigenvalue weighted by Crippen LogP contribution is 2.30. The number of hydrogen-bond acceptors (Lipinski definition) is 3. The second-order valence-corrected chi connectivity index (χ2v) is 5.88. The molecule has 2 heterocycles. The number of nitriles is 1. The van der Waals surface area contributed by atoms with Crippen LogP contribution in [-0.2, 0) is 13.2 Å². The van der Waals surface area contributed by atoms with E-state index in [-0.39, 0.29) is 0 Å². The third-order valence-electron chi connectivity index (χ3n) is 4.37. The van der Waals surface area contributed by atoms with Crippen molar-refractivity contribution in [1.29, 1.82) is 5.26 Å². The smallest absolute Gasteiger partial charge is 0.130 e. The first kappa shape index (κ1) is 13.1. The van der Waals surface area contributed by atoms with Gasteiger partial charge in [-0.15, -0.1) is 0 Å². The van der Waals surface area contributed by atoms with Crippen molar-refractivity contribution in [2.24, 2.45) is 0 Å². The van der Waals surface area contributed by atoms with E-state index in [1.165, 1.54) is 18.4 Å². The molecule has 0 radical (unpaired) electrons. The van der Waals surface area contributed by atoms with E-state index >= 15 is 0 Å². The summed E-state index contributed by atoms with van der Waals surface area (Å²) >= 11 is 0. The first-order chi connectivity index (χ1) is 10.8. The Bertz CT molecular complexity index is 795. The fraction of sp³-hybridized carbons (Fsp3) is 0.333. The summed E-state index contributed by atoms with van der Waals surface area (Å²) in [6.45, 7) is 1.19. The third kappa shape index (κ3) is 2.29. The lowest BCUT2D eigenvalue weighted by Crippen LogP contribution is -2.04. The SMILES string of the molecule is N#Cc1ccc2c(c1)Cn1nc(C3=CCCCC3)cc1CO2. The van der Waals surface area contributed by atoms with Crippen molar-refractivity contribution in [1.82, 2.24) is 9.78 Å². The maximum Gasteiger partial charge on any atom is 0.130 e. The molecule has 0 amide bonds. The van der Waals surface area contributed by atoms with Crippen molar-refractivity contribution in [2.75, 3.05) is 0 Å². The van der Waals surface area contributed by atoms with Crippen molar-refractivity contribution in [3.8, 4) is 11.8 Å². The fourth-order valence-electron chi connectivity index (χ4n) is 3.16. The molecule has 4 rings (SSSR count). The quantitative estimate of drug-likeness (QED) is 0.805. The van der Waals surface area contributed by atoms with Crippen LogP contribution in [0.5, 0.6) is 5.75 Å². The number of aromatic nitrogens is 2. The Morgan fingerprint density at radius 2 is 2.18 bits per heavy atom. The summed E-state index contributed by atoms with van der Waals surface area (Å²) in [5.74, 6) is 0.850. The summed E-state index contributed by atoms with van der Waals surface area (Å²) in [5.41, 5.74) is 5.21. The molecular weight excluding hydrogens is 274 g/mol. The van der Waals surface area contributed by atoms with Crippen molar-refractivity contribution < 1.29 is 4.74 Å². The van der Waals surface area contributed by atoms with E-state index in [0.717, 1.165) is 35.5 Å².